The lowest BCUT2D eigenvalue weighted by Gasteiger charge is -2.10. The first-order valence-electron chi connectivity index (χ1n) is 7.31. The van der Waals surface area contributed by atoms with Gasteiger partial charge in [0.15, 0.2) is 0 Å². The number of nitrogens with zero attached hydrogens (tertiary/aromatic N) is 4. The van der Waals surface area contributed by atoms with Gasteiger partial charge in [0.1, 0.15) is 11.8 Å². The Balaban J connectivity index is 1.81. The highest BCUT2D eigenvalue weighted by Crippen LogP contribution is 2.31. The van der Waals surface area contributed by atoms with Crippen LogP contribution in [0.1, 0.15) is 17.1 Å². The number of nitriles is 1. The van der Waals surface area contributed by atoms with Crippen LogP contribution in [0.15, 0.2) is 47.1 Å². The molecule has 26 heavy (non-hydrogen) atoms. The number of furan rings is 1. The molecule has 3 aromatic rings. The van der Waals surface area contributed by atoms with Crippen LogP contribution in [0.4, 0.5) is 30.8 Å². The predicted molar refractivity (Wildman–Crippen MR) is 85.3 cm³/mol. The van der Waals surface area contributed by atoms with Crippen LogP contribution in [-0.4, -0.2) is 15.0 Å². The average Bonchev–Trinajstić information content (AvgIpc) is 3.13. The van der Waals surface area contributed by atoms with E-state index in [9.17, 15) is 13.2 Å². The molecule has 0 saturated carbocycles. The minimum atomic E-state index is -4.47. The van der Waals surface area contributed by atoms with Gasteiger partial charge in [-0.15, -0.1) is 0 Å². The Labute approximate surface area is 145 Å². The lowest BCUT2D eigenvalue weighted by Crippen LogP contribution is -2.09. The second kappa shape index (κ2) is 7.10. The van der Waals surface area contributed by atoms with Gasteiger partial charge < -0.3 is 15.1 Å². The van der Waals surface area contributed by atoms with Gasteiger partial charge in [0.05, 0.1) is 18.4 Å². The van der Waals surface area contributed by atoms with E-state index in [1.807, 2.05) is 0 Å². The molecule has 3 rings (SSSR count). The van der Waals surface area contributed by atoms with Gasteiger partial charge in [0.2, 0.25) is 17.7 Å². The summed E-state index contributed by atoms with van der Waals surface area (Å²) in [5.74, 6) is 0.466. The number of benzene rings is 1. The second-order valence-corrected chi connectivity index (χ2v) is 5.05. The van der Waals surface area contributed by atoms with E-state index in [1.165, 1.54) is 18.4 Å². The van der Waals surface area contributed by atoms with E-state index in [4.69, 9.17) is 9.68 Å². The number of hydrogen-bond donors (Lipinski definition) is 2. The van der Waals surface area contributed by atoms with Gasteiger partial charge in [0, 0.05) is 5.69 Å². The van der Waals surface area contributed by atoms with Gasteiger partial charge in [0.25, 0.3) is 0 Å². The molecule has 10 heteroatoms. The molecule has 132 valence electrons. The summed E-state index contributed by atoms with van der Waals surface area (Å²) in [5, 5.41) is 14.5. The van der Waals surface area contributed by atoms with Crippen LogP contribution in [0, 0.1) is 11.3 Å². The summed E-state index contributed by atoms with van der Waals surface area (Å²) in [6, 6.07) is 9.79. The van der Waals surface area contributed by atoms with E-state index in [2.05, 4.69) is 25.6 Å². The molecule has 0 atom stereocenters. The Hall–Kier alpha value is -3.61. The first-order chi connectivity index (χ1) is 12.4. The van der Waals surface area contributed by atoms with Gasteiger partial charge in [-0.2, -0.15) is 33.4 Å². The summed E-state index contributed by atoms with van der Waals surface area (Å²) in [5.41, 5.74) is -0.680. The molecule has 0 amide bonds. The standard InChI is InChI=1S/C16H11F3N6O/c17-16(18,19)10-3-1-4-11(7-10)22-15-24-13(8-20)23-14(25-15)21-9-12-5-2-6-26-12/h1-7H,9H2,(H2,21,22,23,24,25). The fraction of sp³-hybridized carbons (Fsp3) is 0.125. The Morgan fingerprint density at radius 2 is 1.88 bits per heavy atom. The number of hydrogen-bond acceptors (Lipinski definition) is 7. The van der Waals surface area contributed by atoms with E-state index < -0.39 is 11.7 Å². The van der Waals surface area contributed by atoms with Crippen molar-refractivity contribution in [1.29, 1.82) is 5.26 Å². The fourth-order valence-electron chi connectivity index (χ4n) is 2.04. The van der Waals surface area contributed by atoms with Crippen molar-refractivity contribution in [1.82, 2.24) is 15.0 Å². The Morgan fingerprint density at radius 3 is 2.58 bits per heavy atom. The zero-order valence-corrected chi connectivity index (χ0v) is 13.1. The van der Waals surface area contributed by atoms with E-state index >= 15 is 0 Å². The third kappa shape index (κ3) is 4.27. The van der Waals surface area contributed by atoms with Crippen molar-refractivity contribution in [3.63, 3.8) is 0 Å². The summed E-state index contributed by atoms with van der Waals surface area (Å²) in [4.78, 5) is 11.8. The van der Waals surface area contributed by atoms with Crippen LogP contribution >= 0.6 is 0 Å². The molecule has 7 nitrogen and oxygen atoms in total. The van der Waals surface area contributed by atoms with Crippen molar-refractivity contribution in [2.75, 3.05) is 10.6 Å². The third-order valence-electron chi connectivity index (χ3n) is 3.18. The minimum absolute atomic E-state index is 0.0576. The zero-order chi connectivity index (χ0) is 18.6. The Kier molecular flexibility index (Phi) is 4.70. The number of nitrogens with one attached hydrogen (secondary N) is 2. The van der Waals surface area contributed by atoms with Crippen LogP contribution in [0.2, 0.25) is 0 Å². The lowest BCUT2D eigenvalue weighted by atomic mass is 10.2. The summed E-state index contributed by atoms with van der Waals surface area (Å²) >= 11 is 0. The van der Waals surface area contributed by atoms with Gasteiger partial charge >= 0.3 is 6.18 Å². The number of anilines is 3. The molecule has 1 aromatic carbocycles. The molecule has 0 fully saturated rings. The Bertz CT molecular complexity index is 934. The maximum Gasteiger partial charge on any atom is 0.416 e. The monoisotopic (exact) mass is 360 g/mol. The molecule has 0 unspecified atom stereocenters. The van der Waals surface area contributed by atoms with E-state index in [1.54, 1.807) is 18.2 Å². The van der Waals surface area contributed by atoms with Gasteiger partial charge in [-0.25, -0.2) is 0 Å². The Morgan fingerprint density at radius 1 is 1.08 bits per heavy atom. The molecule has 0 radical (unpaired) electrons. The molecular weight excluding hydrogens is 349 g/mol. The van der Waals surface area contributed by atoms with Gasteiger partial charge in [-0.1, -0.05) is 6.07 Å². The van der Waals surface area contributed by atoms with E-state index in [-0.39, 0.29) is 30.0 Å². The number of aromatic nitrogens is 3. The smallest absolute Gasteiger partial charge is 0.416 e. The van der Waals surface area contributed by atoms with Gasteiger partial charge in [-0.05, 0) is 30.3 Å². The van der Waals surface area contributed by atoms with Crippen LogP contribution in [-0.2, 0) is 12.7 Å². The first kappa shape index (κ1) is 17.2. The lowest BCUT2D eigenvalue weighted by molar-refractivity contribution is -0.137. The van der Waals surface area contributed by atoms with Crippen molar-refractivity contribution >= 4 is 17.6 Å². The molecule has 2 heterocycles. The molecule has 0 saturated heterocycles. The van der Waals surface area contributed by atoms with Crippen LogP contribution < -0.4 is 10.6 Å². The molecule has 0 aliphatic heterocycles. The topological polar surface area (TPSA) is 99.7 Å². The fourth-order valence-corrected chi connectivity index (χ4v) is 2.04. The number of halogens is 3. The van der Waals surface area contributed by atoms with Crippen LogP contribution in [0.25, 0.3) is 0 Å². The van der Waals surface area contributed by atoms with Crippen LogP contribution in [0.3, 0.4) is 0 Å². The highest BCUT2D eigenvalue weighted by atomic mass is 19.4. The summed E-state index contributed by atoms with van der Waals surface area (Å²) in [7, 11) is 0. The van der Waals surface area contributed by atoms with Crippen LogP contribution in [0.5, 0.6) is 0 Å². The molecule has 2 aromatic heterocycles. The number of rotatable bonds is 5. The van der Waals surface area contributed by atoms with Crippen molar-refractivity contribution in [2.45, 2.75) is 12.7 Å². The molecule has 0 spiro atoms. The minimum Gasteiger partial charge on any atom is -0.467 e. The maximum atomic E-state index is 12.8. The summed E-state index contributed by atoms with van der Waals surface area (Å²) in [6.07, 6.45) is -2.96. The second-order valence-electron chi connectivity index (χ2n) is 5.05. The third-order valence-corrected chi connectivity index (χ3v) is 3.18. The van der Waals surface area contributed by atoms with E-state index in [0.717, 1.165) is 12.1 Å². The largest absolute Gasteiger partial charge is 0.467 e. The highest BCUT2D eigenvalue weighted by molar-refractivity contribution is 5.56. The van der Waals surface area contributed by atoms with Crippen molar-refractivity contribution in [2.24, 2.45) is 0 Å². The first-order valence-corrected chi connectivity index (χ1v) is 7.31. The molecule has 0 aliphatic rings. The van der Waals surface area contributed by atoms with Crippen molar-refractivity contribution in [3.8, 4) is 6.07 Å². The molecular formula is C16H11F3N6O. The highest BCUT2D eigenvalue weighted by Gasteiger charge is 2.30. The van der Waals surface area contributed by atoms with Crippen molar-refractivity contribution < 1.29 is 17.6 Å². The predicted octanol–water partition coefficient (Wildman–Crippen LogP) is 3.71. The maximum absolute atomic E-state index is 12.8. The number of alkyl halides is 3. The SMILES string of the molecule is N#Cc1nc(NCc2ccco2)nc(Nc2cccc(C(F)(F)F)c2)n1. The summed E-state index contributed by atoms with van der Waals surface area (Å²) < 4.78 is 43.5. The zero-order valence-electron chi connectivity index (χ0n) is 13.1. The molecule has 0 bridgehead atoms. The van der Waals surface area contributed by atoms with Gasteiger partial charge in [-0.3, -0.25) is 0 Å². The van der Waals surface area contributed by atoms with Crippen molar-refractivity contribution in [3.05, 3.63) is 59.8 Å². The molecule has 0 aliphatic carbocycles. The normalized spacial score (nSPS) is 11.0. The van der Waals surface area contributed by atoms with E-state index in [0.29, 0.717) is 5.76 Å². The quantitative estimate of drug-likeness (QED) is 0.715. The summed E-state index contributed by atoms with van der Waals surface area (Å²) in [6.45, 7) is 0.269. The average molecular weight is 360 g/mol. The molecule has 2 N–H and O–H groups in total.